The smallest absolute Gasteiger partial charge is 0.267 e. The maximum absolute atomic E-state index is 10.5. The Kier molecular flexibility index (Phi) is 1.44. The Hall–Kier alpha value is -0.960. The van der Waals surface area contributed by atoms with Crippen molar-refractivity contribution in [2.45, 2.75) is 0 Å². The maximum atomic E-state index is 10.5. The molecule has 0 atom stereocenters. The lowest BCUT2D eigenvalue weighted by Gasteiger charge is -1.98. The molecule has 0 aromatic heterocycles. The van der Waals surface area contributed by atoms with Gasteiger partial charge in [0, 0.05) is 0 Å². The van der Waals surface area contributed by atoms with Crippen LogP contribution < -0.4 is 0 Å². The number of aliphatic imine (C=N–C) groups is 2. The fourth-order valence-corrected chi connectivity index (χ4v) is 0.501. The van der Waals surface area contributed by atoms with Crippen LogP contribution in [0.2, 0.25) is 0 Å². The van der Waals surface area contributed by atoms with Crippen molar-refractivity contribution in [2.24, 2.45) is 9.98 Å². The molecule has 0 fully saturated rings. The van der Waals surface area contributed by atoms with Crippen molar-refractivity contribution >= 4 is 29.0 Å². The normalized spacial score (nSPS) is 18.1. The molecule has 0 bridgehead atoms. The average molecular weight is 143 g/mol. The summed E-state index contributed by atoms with van der Waals surface area (Å²) in [5.41, 5.74) is 0.152. The summed E-state index contributed by atoms with van der Waals surface area (Å²) >= 11 is 5.40. The Labute approximate surface area is 56.8 Å². The van der Waals surface area contributed by atoms with Gasteiger partial charge in [-0.15, -0.1) is 0 Å². The van der Waals surface area contributed by atoms with Gasteiger partial charge in [-0.3, -0.25) is 4.79 Å². The molecule has 0 aromatic carbocycles. The molecule has 0 saturated carbocycles. The summed E-state index contributed by atoms with van der Waals surface area (Å²) in [5.74, 6) is -0.421. The van der Waals surface area contributed by atoms with Gasteiger partial charge in [-0.2, -0.15) is 4.99 Å². The van der Waals surface area contributed by atoms with Gasteiger partial charge in [0.2, 0.25) is 0 Å². The third kappa shape index (κ3) is 1.05. The van der Waals surface area contributed by atoms with E-state index in [1.807, 2.05) is 0 Å². The van der Waals surface area contributed by atoms with Gasteiger partial charge in [-0.25, -0.2) is 4.99 Å². The van der Waals surface area contributed by atoms with E-state index in [4.69, 9.17) is 11.6 Å². The first kappa shape index (κ1) is 6.16. The van der Waals surface area contributed by atoms with Crippen molar-refractivity contribution in [3.05, 3.63) is 12.2 Å². The maximum Gasteiger partial charge on any atom is 0.280 e. The molecule has 1 amide bonds. The molecule has 0 radical (unpaired) electrons. The first-order valence-corrected chi connectivity index (χ1v) is 2.59. The van der Waals surface area contributed by atoms with Crippen LogP contribution in [0, 0.1) is 0 Å². The summed E-state index contributed by atoms with van der Waals surface area (Å²) < 4.78 is 0. The molecule has 0 spiro atoms. The molecule has 0 unspecified atom stereocenters. The minimum absolute atomic E-state index is 0.120. The summed E-state index contributed by atoms with van der Waals surface area (Å²) in [5, 5.41) is 0.120. The third-order valence-electron chi connectivity index (χ3n) is 0.853. The van der Waals surface area contributed by atoms with Gasteiger partial charge in [0.25, 0.3) is 5.91 Å². The molecular weight excluding hydrogens is 140 g/mol. The number of halogens is 1. The highest BCUT2D eigenvalue weighted by Crippen LogP contribution is 2.05. The number of rotatable bonds is 0. The van der Waals surface area contributed by atoms with Crippen molar-refractivity contribution in [3.8, 4) is 0 Å². The number of hydrogen-bond acceptors (Lipinski definition) is 2. The van der Waals surface area contributed by atoms with Crippen LogP contribution in [-0.4, -0.2) is 17.4 Å². The van der Waals surface area contributed by atoms with E-state index in [2.05, 4.69) is 16.6 Å². The Balaban J connectivity index is 3.00. The highest BCUT2D eigenvalue weighted by atomic mass is 35.5. The summed E-state index contributed by atoms with van der Waals surface area (Å²) in [6.07, 6.45) is 1.11. The highest BCUT2D eigenvalue weighted by molar-refractivity contribution is 6.73. The van der Waals surface area contributed by atoms with Gasteiger partial charge < -0.3 is 0 Å². The Morgan fingerprint density at radius 3 is 2.78 bits per heavy atom. The summed E-state index contributed by atoms with van der Waals surface area (Å²) in [4.78, 5) is 17.4. The molecule has 0 saturated heterocycles. The predicted octanol–water partition coefficient (Wildman–Crippen LogP) is 0.748. The van der Waals surface area contributed by atoms with E-state index in [9.17, 15) is 4.79 Å². The van der Waals surface area contributed by atoms with Crippen molar-refractivity contribution in [1.29, 1.82) is 0 Å². The lowest BCUT2D eigenvalue weighted by molar-refractivity contribution is -0.113. The van der Waals surface area contributed by atoms with Crippen LogP contribution in [0.25, 0.3) is 0 Å². The second kappa shape index (κ2) is 2.11. The number of carbonyl (C=O) groups is 1. The van der Waals surface area contributed by atoms with E-state index in [1.165, 1.54) is 0 Å². The zero-order valence-electron chi connectivity index (χ0n) is 4.47. The van der Waals surface area contributed by atoms with Gasteiger partial charge >= 0.3 is 0 Å². The molecule has 46 valence electrons. The molecule has 1 rings (SSSR count). The van der Waals surface area contributed by atoms with Gasteiger partial charge in [0.1, 0.15) is 11.5 Å². The van der Waals surface area contributed by atoms with Crippen LogP contribution >= 0.6 is 11.6 Å². The van der Waals surface area contributed by atoms with E-state index < -0.39 is 5.91 Å². The Morgan fingerprint density at radius 1 is 1.67 bits per heavy atom. The van der Waals surface area contributed by atoms with Crippen LogP contribution in [0.15, 0.2) is 22.1 Å². The van der Waals surface area contributed by atoms with Crippen molar-refractivity contribution < 1.29 is 4.79 Å². The lowest BCUT2D eigenvalue weighted by Crippen LogP contribution is -2.08. The minimum atomic E-state index is -0.421. The summed E-state index contributed by atoms with van der Waals surface area (Å²) in [7, 11) is 0. The highest BCUT2D eigenvalue weighted by Gasteiger charge is 2.12. The van der Waals surface area contributed by atoms with Crippen LogP contribution in [0.5, 0.6) is 0 Å². The fraction of sp³-hybridized carbons (Fsp3) is 0. The van der Waals surface area contributed by atoms with E-state index >= 15 is 0 Å². The Morgan fingerprint density at radius 2 is 2.33 bits per heavy atom. The van der Waals surface area contributed by atoms with Crippen LogP contribution in [0.1, 0.15) is 0 Å². The molecule has 3 nitrogen and oxygen atoms in total. The quantitative estimate of drug-likeness (QED) is 0.460. The van der Waals surface area contributed by atoms with Gasteiger partial charge in [0.05, 0.1) is 5.57 Å². The first-order valence-electron chi connectivity index (χ1n) is 2.21. The molecule has 9 heavy (non-hydrogen) atoms. The van der Waals surface area contributed by atoms with Gasteiger partial charge in [-0.1, -0.05) is 18.2 Å². The van der Waals surface area contributed by atoms with Gasteiger partial charge in [-0.05, 0) is 0 Å². The van der Waals surface area contributed by atoms with E-state index in [1.54, 1.807) is 0 Å². The molecule has 0 aliphatic carbocycles. The molecule has 1 aliphatic rings. The van der Waals surface area contributed by atoms with Crippen LogP contribution in [-0.2, 0) is 4.79 Å². The lowest BCUT2D eigenvalue weighted by atomic mass is 10.3. The Bertz CT molecular complexity index is 229. The van der Waals surface area contributed by atoms with E-state index in [0.717, 1.165) is 6.34 Å². The molecule has 0 aromatic rings. The summed E-state index contributed by atoms with van der Waals surface area (Å²) in [6, 6.07) is 0. The van der Waals surface area contributed by atoms with Crippen molar-refractivity contribution in [3.63, 3.8) is 0 Å². The fourth-order valence-electron chi connectivity index (χ4n) is 0.376. The average Bonchev–Trinajstić information content (AvgIpc) is 1.83. The standard InChI is InChI=1S/C5H3ClN2O/c1-3-4(6)7-2-8-5(3)9/h2H,1H2. The number of carbonyl (C=O) groups excluding carboxylic acids is 1. The zero-order chi connectivity index (χ0) is 6.85. The molecule has 4 heteroatoms. The monoisotopic (exact) mass is 142 g/mol. The summed E-state index contributed by atoms with van der Waals surface area (Å²) in [6.45, 7) is 3.35. The largest absolute Gasteiger partial charge is 0.280 e. The van der Waals surface area contributed by atoms with E-state index in [-0.39, 0.29) is 10.7 Å². The molecule has 0 N–H and O–H groups in total. The second-order valence-electron chi connectivity index (χ2n) is 1.45. The van der Waals surface area contributed by atoms with Crippen LogP contribution in [0.3, 0.4) is 0 Å². The zero-order valence-corrected chi connectivity index (χ0v) is 5.22. The number of amides is 1. The van der Waals surface area contributed by atoms with Gasteiger partial charge in [0.15, 0.2) is 0 Å². The van der Waals surface area contributed by atoms with Crippen LogP contribution in [0.4, 0.5) is 0 Å². The van der Waals surface area contributed by atoms with E-state index in [0.29, 0.717) is 0 Å². The predicted molar refractivity (Wildman–Crippen MR) is 35.9 cm³/mol. The molecule has 1 aliphatic heterocycles. The number of hydrogen-bond donors (Lipinski definition) is 0. The SMILES string of the molecule is C=C1C(=O)N=CN=C1Cl. The molecule has 1 heterocycles. The first-order chi connectivity index (χ1) is 4.22. The third-order valence-corrected chi connectivity index (χ3v) is 1.18. The minimum Gasteiger partial charge on any atom is -0.267 e. The van der Waals surface area contributed by atoms with Crippen molar-refractivity contribution in [1.82, 2.24) is 0 Å². The topological polar surface area (TPSA) is 41.8 Å². The van der Waals surface area contributed by atoms with Crippen molar-refractivity contribution in [2.75, 3.05) is 0 Å². The molecular formula is C5H3ClN2O. The number of nitrogens with zero attached hydrogens (tertiary/aromatic N) is 2. The second-order valence-corrected chi connectivity index (χ2v) is 1.81.